The first-order valence-corrected chi connectivity index (χ1v) is 8.96. The predicted octanol–water partition coefficient (Wildman–Crippen LogP) is 0.313. The van der Waals surface area contributed by atoms with E-state index in [9.17, 15) is 18.3 Å². The quantitative estimate of drug-likeness (QED) is 0.676. The average molecular weight is 320 g/mol. The van der Waals surface area contributed by atoms with Crippen LogP contribution in [0.1, 0.15) is 44.9 Å². The summed E-state index contributed by atoms with van der Waals surface area (Å²) in [5.74, 6) is -1.60. The summed E-state index contributed by atoms with van der Waals surface area (Å²) >= 11 is 0. The highest BCUT2D eigenvalue weighted by molar-refractivity contribution is 7.87. The molecule has 2 aliphatic rings. The highest BCUT2D eigenvalue weighted by Crippen LogP contribution is 2.27. The molecule has 7 nitrogen and oxygen atoms in total. The molecule has 1 aliphatic carbocycles. The molecule has 0 amide bonds. The van der Waals surface area contributed by atoms with Gasteiger partial charge in [0.25, 0.3) is 10.2 Å². The lowest BCUT2D eigenvalue weighted by molar-refractivity contribution is -0.142. The molecule has 0 bridgehead atoms. The van der Waals surface area contributed by atoms with E-state index in [0.717, 1.165) is 19.3 Å². The van der Waals surface area contributed by atoms with Crippen molar-refractivity contribution in [3.63, 3.8) is 0 Å². The molecule has 0 aromatic carbocycles. The van der Waals surface area contributed by atoms with E-state index < -0.39 is 27.7 Å². The van der Waals surface area contributed by atoms with Crippen LogP contribution in [0.25, 0.3) is 0 Å². The Bertz CT molecular complexity index is 473. The number of nitrogens with one attached hydrogen (secondary N) is 1. The highest BCUT2D eigenvalue weighted by Gasteiger charge is 2.35. The van der Waals surface area contributed by atoms with E-state index in [1.807, 2.05) is 0 Å². The van der Waals surface area contributed by atoms with Gasteiger partial charge >= 0.3 is 5.97 Å². The number of aliphatic hydroxyl groups is 1. The predicted molar refractivity (Wildman–Crippen MR) is 76.9 cm³/mol. The molecule has 0 aromatic rings. The summed E-state index contributed by atoms with van der Waals surface area (Å²) in [5, 5.41) is 19.3. The fraction of sp³-hybridized carbons (Fsp3) is 0.923. The second-order valence-electron chi connectivity index (χ2n) is 6.15. The Morgan fingerprint density at radius 3 is 2.52 bits per heavy atom. The van der Waals surface area contributed by atoms with Crippen molar-refractivity contribution in [2.45, 2.75) is 50.5 Å². The summed E-state index contributed by atoms with van der Waals surface area (Å²) in [7, 11) is -3.73. The van der Waals surface area contributed by atoms with Crippen LogP contribution in [-0.2, 0) is 15.0 Å². The number of aliphatic carboxylic acids is 1. The summed E-state index contributed by atoms with van der Waals surface area (Å²) in [6.45, 7) is 0.338. The largest absolute Gasteiger partial charge is 0.481 e. The van der Waals surface area contributed by atoms with E-state index in [1.54, 1.807) is 0 Å². The van der Waals surface area contributed by atoms with E-state index in [1.165, 1.54) is 4.31 Å². The zero-order valence-corrected chi connectivity index (χ0v) is 12.9. The zero-order chi connectivity index (χ0) is 15.5. The minimum atomic E-state index is -3.73. The van der Waals surface area contributed by atoms with Crippen LogP contribution in [0.4, 0.5) is 0 Å². The van der Waals surface area contributed by atoms with Crippen molar-refractivity contribution in [2.24, 2.45) is 5.92 Å². The smallest absolute Gasteiger partial charge is 0.307 e. The number of hydrogen-bond acceptors (Lipinski definition) is 4. The maximum atomic E-state index is 12.2. The van der Waals surface area contributed by atoms with Gasteiger partial charge in [-0.05, 0) is 25.7 Å². The SMILES string of the molecule is O=C(O)C1CCCN(S(=O)(=O)NCC2(O)CCCCC2)C1. The van der Waals surface area contributed by atoms with Gasteiger partial charge in [-0.3, -0.25) is 4.79 Å². The van der Waals surface area contributed by atoms with Gasteiger partial charge in [-0.2, -0.15) is 17.4 Å². The van der Waals surface area contributed by atoms with Crippen LogP contribution in [0.15, 0.2) is 0 Å². The van der Waals surface area contributed by atoms with Crippen LogP contribution in [0.5, 0.6) is 0 Å². The second kappa shape index (κ2) is 6.60. The monoisotopic (exact) mass is 320 g/mol. The lowest BCUT2D eigenvalue weighted by atomic mass is 9.85. The van der Waals surface area contributed by atoms with Gasteiger partial charge < -0.3 is 10.2 Å². The minimum Gasteiger partial charge on any atom is -0.481 e. The molecule has 8 heteroatoms. The van der Waals surface area contributed by atoms with E-state index in [0.29, 0.717) is 32.2 Å². The summed E-state index contributed by atoms with van der Waals surface area (Å²) < 4.78 is 28.1. The van der Waals surface area contributed by atoms with Crippen molar-refractivity contribution in [1.82, 2.24) is 9.03 Å². The van der Waals surface area contributed by atoms with Gasteiger partial charge in [-0.25, -0.2) is 0 Å². The molecule has 2 fully saturated rings. The van der Waals surface area contributed by atoms with Crippen molar-refractivity contribution in [1.29, 1.82) is 0 Å². The number of carbonyl (C=O) groups is 1. The molecule has 1 saturated heterocycles. The van der Waals surface area contributed by atoms with Gasteiger partial charge in [-0.1, -0.05) is 19.3 Å². The molecule has 1 saturated carbocycles. The molecule has 1 unspecified atom stereocenters. The number of carboxylic acids is 1. The Morgan fingerprint density at radius 1 is 1.24 bits per heavy atom. The average Bonchev–Trinajstić information content (AvgIpc) is 2.46. The normalized spacial score (nSPS) is 27.4. The summed E-state index contributed by atoms with van der Waals surface area (Å²) in [6, 6.07) is 0. The van der Waals surface area contributed by atoms with E-state index in [-0.39, 0.29) is 13.1 Å². The molecule has 3 N–H and O–H groups in total. The van der Waals surface area contributed by atoms with Gasteiger partial charge in [0.15, 0.2) is 0 Å². The first-order valence-electron chi connectivity index (χ1n) is 7.52. The number of nitrogens with zero attached hydrogens (tertiary/aromatic N) is 1. The molecule has 2 rings (SSSR count). The molecule has 1 aliphatic heterocycles. The molecule has 0 spiro atoms. The van der Waals surface area contributed by atoms with Gasteiger partial charge in [0.2, 0.25) is 0 Å². The fourth-order valence-corrected chi connectivity index (χ4v) is 4.45. The van der Waals surface area contributed by atoms with Gasteiger partial charge in [0.1, 0.15) is 0 Å². The van der Waals surface area contributed by atoms with Crippen molar-refractivity contribution in [3.05, 3.63) is 0 Å². The summed E-state index contributed by atoms with van der Waals surface area (Å²) in [4.78, 5) is 11.0. The van der Waals surface area contributed by atoms with E-state index in [4.69, 9.17) is 5.11 Å². The molecule has 1 heterocycles. The first-order chi connectivity index (χ1) is 9.82. The van der Waals surface area contributed by atoms with Crippen molar-refractivity contribution in [2.75, 3.05) is 19.6 Å². The van der Waals surface area contributed by atoms with Crippen LogP contribution in [0.3, 0.4) is 0 Å². The van der Waals surface area contributed by atoms with E-state index in [2.05, 4.69) is 4.72 Å². The number of rotatable bonds is 5. The second-order valence-corrected chi connectivity index (χ2v) is 7.90. The van der Waals surface area contributed by atoms with Crippen molar-refractivity contribution in [3.8, 4) is 0 Å². The Hall–Kier alpha value is -0.700. The fourth-order valence-electron chi connectivity index (χ4n) is 3.07. The van der Waals surface area contributed by atoms with Crippen LogP contribution >= 0.6 is 0 Å². The van der Waals surface area contributed by atoms with Crippen LogP contribution in [-0.4, -0.2) is 54.1 Å². The standard InChI is InChI=1S/C13H24N2O5S/c16-12(17)11-5-4-8-15(9-11)21(19,20)14-10-13(18)6-2-1-3-7-13/h11,14,18H,1-10H2,(H,16,17). The van der Waals surface area contributed by atoms with Crippen LogP contribution in [0.2, 0.25) is 0 Å². The summed E-state index contributed by atoms with van der Waals surface area (Å²) in [6.07, 6.45) is 5.14. The molecular weight excluding hydrogens is 296 g/mol. The van der Waals surface area contributed by atoms with E-state index >= 15 is 0 Å². The summed E-state index contributed by atoms with van der Waals surface area (Å²) in [5.41, 5.74) is -0.965. The molecule has 1 atom stereocenters. The maximum absolute atomic E-state index is 12.2. The molecule has 0 aromatic heterocycles. The highest BCUT2D eigenvalue weighted by atomic mass is 32.2. The van der Waals surface area contributed by atoms with Gasteiger partial charge in [0, 0.05) is 19.6 Å². The third kappa shape index (κ3) is 4.38. The third-order valence-electron chi connectivity index (χ3n) is 4.44. The maximum Gasteiger partial charge on any atom is 0.307 e. The Morgan fingerprint density at radius 2 is 1.90 bits per heavy atom. The Kier molecular flexibility index (Phi) is 5.24. The van der Waals surface area contributed by atoms with Gasteiger partial charge in [0.05, 0.1) is 11.5 Å². The van der Waals surface area contributed by atoms with Crippen LogP contribution in [0, 0.1) is 5.92 Å². The van der Waals surface area contributed by atoms with Crippen molar-refractivity contribution >= 4 is 16.2 Å². The molecule has 122 valence electrons. The molecular formula is C13H24N2O5S. The number of hydrogen-bond donors (Lipinski definition) is 3. The first kappa shape index (κ1) is 16.7. The van der Waals surface area contributed by atoms with Crippen LogP contribution < -0.4 is 4.72 Å². The minimum absolute atomic E-state index is 0.00307. The van der Waals surface area contributed by atoms with Crippen molar-refractivity contribution < 1.29 is 23.4 Å². The van der Waals surface area contributed by atoms with Gasteiger partial charge in [-0.15, -0.1) is 0 Å². The lowest BCUT2D eigenvalue weighted by Crippen LogP contribution is -2.51. The molecule has 0 radical (unpaired) electrons. The number of carboxylic acid groups (broad SMARTS) is 1. The molecule has 21 heavy (non-hydrogen) atoms. The number of piperidine rings is 1. The Balaban J connectivity index is 1.93. The lowest BCUT2D eigenvalue weighted by Gasteiger charge is -2.34. The topological polar surface area (TPSA) is 107 Å². The Labute approximate surface area is 125 Å². The third-order valence-corrected chi connectivity index (χ3v) is 5.96. The zero-order valence-electron chi connectivity index (χ0n) is 12.1.